The summed E-state index contributed by atoms with van der Waals surface area (Å²) in [6, 6.07) is 6.39. The molecule has 8 heteroatoms. The molecule has 1 amide bonds. The van der Waals surface area contributed by atoms with Crippen LogP contribution in [0.1, 0.15) is 13.8 Å². The van der Waals surface area contributed by atoms with Gasteiger partial charge in [0.15, 0.2) is 0 Å². The summed E-state index contributed by atoms with van der Waals surface area (Å²) in [6.45, 7) is 4.97. The van der Waals surface area contributed by atoms with Crippen LogP contribution >= 0.6 is 12.4 Å². The van der Waals surface area contributed by atoms with E-state index in [0.29, 0.717) is 25.3 Å². The van der Waals surface area contributed by atoms with Crippen LogP contribution < -0.4 is 10.6 Å². The molecule has 0 radical (unpaired) electrons. The Balaban J connectivity index is 0.00000220. The van der Waals surface area contributed by atoms with E-state index in [-0.39, 0.29) is 29.3 Å². The van der Waals surface area contributed by atoms with E-state index in [2.05, 4.69) is 10.6 Å². The molecule has 1 heterocycles. The smallest absolute Gasteiger partial charge is 0.243 e. The maximum Gasteiger partial charge on any atom is 0.243 e. The first kappa shape index (κ1) is 17.9. The SMILES string of the molecule is CC(=O)Nc1ccc(S(=O)(=O)N2CCN[C@H](C)C2)cc1.Cl. The van der Waals surface area contributed by atoms with Gasteiger partial charge in [0, 0.05) is 38.3 Å². The molecule has 6 nitrogen and oxygen atoms in total. The van der Waals surface area contributed by atoms with E-state index in [0.717, 1.165) is 0 Å². The van der Waals surface area contributed by atoms with Gasteiger partial charge in [-0.2, -0.15) is 4.31 Å². The van der Waals surface area contributed by atoms with E-state index in [1.165, 1.54) is 23.4 Å². The molecule has 0 bridgehead atoms. The van der Waals surface area contributed by atoms with E-state index in [4.69, 9.17) is 0 Å². The Morgan fingerprint density at radius 2 is 1.95 bits per heavy atom. The highest BCUT2D eigenvalue weighted by Crippen LogP contribution is 2.19. The average Bonchev–Trinajstić information content (AvgIpc) is 2.38. The third-order valence-electron chi connectivity index (χ3n) is 3.14. The van der Waals surface area contributed by atoms with Crippen molar-refractivity contribution in [2.45, 2.75) is 24.8 Å². The van der Waals surface area contributed by atoms with Gasteiger partial charge in [0.25, 0.3) is 0 Å². The van der Waals surface area contributed by atoms with Crippen LogP contribution in [0.2, 0.25) is 0 Å². The zero-order chi connectivity index (χ0) is 14.8. The van der Waals surface area contributed by atoms with Crippen LogP contribution in [0.15, 0.2) is 29.2 Å². The van der Waals surface area contributed by atoms with E-state index < -0.39 is 10.0 Å². The number of hydrogen-bond donors (Lipinski definition) is 2. The highest BCUT2D eigenvalue weighted by atomic mass is 35.5. The Hall–Kier alpha value is -1.15. The molecule has 2 rings (SSSR count). The summed E-state index contributed by atoms with van der Waals surface area (Å²) in [5.74, 6) is -0.184. The van der Waals surface area contributed by atoms with Gasteiger partial charge in [-0.15, -0.1) is 12.4 Å². The zero-order valence-corrected chi connectivity index (χ0v) is 13.6. The summed E-state index contributed by atoms with van der Waals surface area (Å²) in [7, 11) is -3.46. The Morgan fingerprint density at radius 3 is 2.48 bits per heavy atom. The Bertz CT molecular complexity index is 589. The number of piperazine rings is 1. The summed E-state index contributed by atoms with van der Waals surface area (Å²) in [5.41, 5.74) is 0.588. The van der Waals surface area contributed by atoms with Crippen molar-refractivity contribution >= 4 is 34.0 Å². The van der Waals surface area contributed by atoms with E-state index in [9.17, 15) is 13.2 Å². The molecule has 2 N–H and O–H groups in total. The van der Waals surface area contributed by atoms with Crippen molar-refractivity contribution in [1.29, 1.82) is 0 Å². The van der Waals surface area contributed by atoms with Crippen molar-refractivity contribution < 1.29 is 13.2 Å². The van der Waals surface area contributed by atoms with Crippen LogP contribution in [0, 0.1) is 0 Å². The fourth-order valence-corrected chi connectivity index (χ4v) is 3.71. The molecule has 1 aliphatic rings. The zero-order valence-electron chi connectivity index (χ0n) is 12.0. The van der Waals surface area contributed by atoms with Crippen molar-refractivity contribution in [3.8, 4) is 0 Å². The predicted molar refractivity (Wildman–Crippen MR) is 84.2 cm³/mol. The van der Waals surface area contributed by atoms with E-state index in [1.807, 2.05) is 6.92 Å². The second-order valence-corrected chi connectivity index (χ2v) is 6.86. The standard InChI is InChI=1S/C13H19N3O3S.ClH/c1-10-9-16(8-7-14-10)20(18,19)13-5-3-12(4-6-13)15-11(2)17;/h3-6,10,14H,7-9H2,1-2H3,(H,15,17);1H/t10-;/m1./s1. The summed E-state index contributed by atoms with van der Waals surface area (Å²) in [4.78, 5) is 11.2. The number of amides is 1. The molecule has 0 saturated carbocycles. The van der Waals surface area contributed by atoms with Crippen molar-refractivity contribution in [3.63, 3.8) is 0 Å². The van der Waals surface area contributed by atoms with Gasteiger partial charge in [-0.25, -0.2) is 8.42 Å². The average molecular weight is 334 g/mol. The van der Waals surface area contributed by atoms with Gasteiger partial charge in [0.05, 0.1) is 4.90 Å². The molecule has 1 atom stereocenters. The predicted octanol–water partition coefficient (Wildman–Crippen LogP) is 1.05. The maximum atomic E-state index is 12.5. The van der Waals surface area contributed by atoms with Gasteiger partial charge >= 0.3 is 0 Å². The summed E-state index contributed by atoms with van der Waals surface area (Å²) in [6.07, 6.45) is 0. The minimum absolute atomic E-state index is 0. The lowest BCUT2D eigenvalue weighted by atomic mass is 10.3. The monoisotopic (exact) mass is 333 g/mol. The van der Waals surface area contributed by atoms with Crippen molar-refractivity contribution in [2.24, 2.45) is 0 Å². The maximum absolute atomic E-state index is 12.5. The van der Waals surface area contributed by atoms with Crippen LogP contribution in [0.5, 0.6) is 0 Å². The van der Waals surface area contributed by atoms with E-state index in [1.54, 1.807) is 12.1 Å². The molecule has 0 aliphatic carbocycles. The van der Waals surface area contributed by atoms with Crippen molar-refractivity contribution in [1.82, 2.24) is 9.62 Å². The van der Waals surface area contributed by atoms with Gasteiger partial charge in [-0.1, -0.05) is 0 Å². The number of anilines is 1. The molecule has 0 spiro atoms. The third kappa shape index (κ3) is 4.41. The Kier molecular flexibility index (Phi) is 6.15. The minimum atomic E-state index is -3.46. The van der Waals surface area contributed by atoms with E-state index >= 15 is 0 Å². The fraction of sp³-hybridized carbons (Fsp3) is 0.462. The first-order valence-corrected chi connectivity index (χ1v) is 7.95. The summed E-state index contributed by atoms with van der Waals surface area (Å²) in [5, 5.41) is 5.83. The van der Waals surface area contributed by atoms with Crippen LogP contribution in [0.25, 0.3) is 0 Å². The topological polar surface area (TPSA) is 78.5 Å². The van der Waals surface area contributed by atoms with Crippen molar-refractivity contribution in [3.05, 3.63) is 24.3 Å². The highest BCUT2D eigenvalue weighted by Gasteiger charge is 2.28. The molecule has 118 valence electrons. The number of hydrogen-bond acceptors (Lipinski definition) is 4. The second kappa shape index (κ2) is 7.22. The summed E-state index contributed by atoms with van der Waals surface area (Å²) >= 11 is 0. The van der Waals surface area contributed by atoms with Crippen LogP contribution in [-0.2, 0) is 14.8 Å². The molecule has 0 unspecified atom stereocenters. The molecule has 21 heavy (non-hydrogen) atoms. The number of rotatable bonds is 3. The lowest BCUT2D eigenvalue weighted by molar-refractivity contribution is -0.114. The quantitative estimate of drug-likeness (QED) is 0.866. The number of nitrogens with one attached hydrogen (secondary N) is 2. The molecule has 1 aromatic carbocycles. The number of benzene rings is 1. The number of sulfonamides is 1. The molecule has 1 aromatic rings. The first-order chi connectivity index (χ1) is 9.39. The Labute approximate surface area is 131 Å². The largest absolute Gasteiger partial charge is 0.326 e. The number of carbonyl (C=O) groups is 1. The lowest BCUT2D eigenvalue weighted by Gasteiger charge is -2.31. The molecular formula is C13H20ClN3O3S. The molecule has 1 fully saturated rings. The number of nitrogens with zero attached hydrogens (tertiary/aromatic N) is 1. The minimum Gasteiger partial charge on any atom is -0.326 e. The molecule has 1 aliphatic heterocycles. The highest BCUT2D eigenvalue weighted by molar-refractivity contribution is 7.89. The number of halogens is 1. The normalized spacial score (nSPS) is 19.6. The number of carbonyl (C=O) groups excluding carboxylic acids is 1. The Morgan fingerprint density at radius 1 is 1.33 bits per heavy atom. The molecule has 0 aromatic heterocycles. The van der Waals surface area contributed by atoms with Crippen LogP contribution in [-0.4, -0.2) is 44.3 Å². The summed E-state index contributed by atoms with van der Waals surface area (Å²) < 4.78 is 26.4. The van der Waals surface area contributed by atoms with Gasteiger partial charge in [0.1, 0.15) is 0 Å². The van der Waals surface area contributed by atoms with Gasteiger partial charge < -0.3 is 10.6 Å². The van der Waals surface area contributed by atoms with Crippen molar-refractivity contribution in [2.75, 3.05) is 25.0 Å². The lowest BCUT2D eigenvalue weighted by Crippen LogP contribution is -2.51. The third-order valence-corrected chi connectivity index (χ3v) is 5.02. The van der Waals surface area contributed by atoms with Gasteiger partial charge in [0.2, 0.25) is 15.9 Å². The van der Waals surface area contributed by atoms with Crippen LogP contribution in [0.3, 0.4) is 0 Å². The second-order valence-electron chi connectivity index (χ2n) is 4.92. The van der Waals surface area contributed by atoms with Gasteiger partial charge in [-0.05, 0) is 31.2 Å². The first-order valence-electron chi connectivity index (χ1n) is 6.51. The fourth-order valence-electron chi connectivity index (χ4n) is 2.18. The van der Waals surface area contributed by atoms with Crippen LogP contribution in [0.4, 0.5) is 5.69 Å². The van der Waals surface area contributed by atoms with Gasteiger partial charge in [-0.3, -0.25) is 4.79 Å². The molecule has 1 saturated heterocycles. The molecular weight excluding hydrogens is 314 g/mol.